The smallest absolute Gasteiger partial charge is 0.161 e. The number of hydrogen-bond donors (Lipinski definition) is 0. The van der Waals surface area contributed by atoms with Gasteiger partial charge in [-0.2, -0.15) is 5.10 Å². The minimum atomic E-state index is -0.0297. The van der Waals surface area contributed by atoms with Gasteiger partial charge < -0.3 is 9.47 Å². The normalized spacial score (nSPS) is 10.6. The first-order valence-corrected chi connectivity index (χ1v) is 8.50. The van der Waals surface area contributed by atoms with Crippen molar-refractivity contribution in [3.8, 4) is 17.2 Å². The van der Waals surface area contributed by atoms with Crippen molar-refractivity contribution in [2.75, 3.05) is 7.11 Å². The minimum Gasteiger partial charge on any atom is -0.493 e. The summed E-state index contributed by atoms with van der Waals surface area (Å²) in [5.41, 5.74) is 3.04. The highest BCUT2D eigenvalue weighted by Gasteiger charge is 2.16. The van der Waals surface area contributed by atoms with E-state index in [-0.39, 0.29) is 12.4 Å². The van der Waals surface area contributed by atoms with Gasteiger partial charge in [0.1, 0.15) is 11.8 Å². The summed E-state index contributed by atoms with van der Waals surface area (Å²) in [5.74, 6) is 1.01. The molecular formula is C20H19ClN2O3. The van der Waals surface area contributed by atoms with E-state index in [0.29, 0.717) is 22.2 Å². The van der Waals surface area contributed by atoms with Gasteiger partial charge in [0, 0.05) is 11.1 Å². The van der Waals surface area contributed by atoms with Gasteiger partial charge in [0.05, 0.1) is 18.5 Å². The molecule has 0 N–H and O–H groups in total. The lowest BCUT2D eigenvalue weighted by Gasteiger charge is -2.11. The van der Waals surface area contributed by atoms with E-state index in [1.165, 1.54) is 14.0 Å². The van der Waals surface area contributed by atoms with Crippen LogP contribution in [0.15, 0.2) is 48.5 Å². The molecule has 6 heteroatoms. The second-order valence-electron chi connectivity index (χ2n) is 5.81. The first-order valence-electron chi connectivity index (χ1n) is 8.12. The molecule has 0 aliphatic carbocycles. The van der Waals surface area contributed by atoms with Gasteiger partial charge in [0.2, 0.25) is 0 Å². The van der Waals surface area contributed by atoms with Crippen LogP contribution in [0.2, 0.25) is 5.15 Å². The van der Waals surface area contributed by atoms with Crippen LogP contribution < -0.4 is 9.47 Å². The fraction of sp³-hybridized carbons (Fsp3) is 0.200. The van der Waals surface area contributed by atoms with E-state index >= 15 is 0 Å². The molecule has 3 rings (SSSR count). The Balaban J connectivity index is 1.85. The maximum Gasteiger partial charge on any atom is 0.161 e. The number of aryl methyl sites for hydroxylation is 1. The molecule has 0 aliphatic rings. The highest BCUT2D eigenvalue weighted by molar-refractivity contribution is 6.30. The molecule has 3 aromatic rings. The van der Waals surface area contributed by atoms with Crippen molar-refractivity contribution < 1.29 is 14.3 Å². The number of benzene rings is 2. The van der Waals surface area contributed by atoms with Gasteiger partial charge in [0.15, 0.2) is 17.3 Å². The molecule has 1 heterocycles. The van der Waals surface area contributed by atoms with E-state index in [0.717, 1.165) is 16.9 Å². The van der Waals surface area contributed by atoms with Crippen molar-refractivity contribution in [2.24, 2.45) is 0 Å². The summed E-state index contributed by atoms with van der Waals surface area (Å²) >= 11 is 6.52. The number of aromatic nitrogens is 2. The van der Waals surface area contributed by atoms with Crippen molar-refractivity contribution in [1.82, 2.24) is 9.78 Å². The molecule has 0 unspecified atom stereocenters. The average molecular weight is 371 g/mol. The molecule has 2 aromatic carbocycles. The van der Waals surface area contributed by atoms with Crippen LogP contribution in [0.3, 0.4) is 0 Å². The van der Waals surface area contributed by atoms with Crippen molar-refractivity contribution in [3.05, 3.63) is 70.5 Å². The number of para-hydroxylation sites is 1. The van der Waals surface area contributed by atoms with Crippen molar-refractivity contribution in [3.63, 3.8) is 0 Å². The van der Waals surface area contributed by atoms with Gasteiger partial charge >= 0.3 is 0 Å². The van der Waals surface area contributed by atoms with Crippen LogP contribution in [0.5, 0.6) is 11.5 Å². The standard InChI is InChI=1S/C20H19ClN2O3/c1-13-17(20(21)23(22-13)16-7-5-4-6-8-16)12-26-18-10-9-15(14(2)24)11-19(18)25-3/h4-11H,12H2,1-3H3. The molecule has 0 aliphatic heterocycles. The van der Waals surface area contributed by atoms with Crippen molar-refractivity contribution in [1.29, 1.82) is 0 Å². The Morgan fingerprint density at radius 2 is 1.88 bits per heavy atom. The lowest BCUT2D eigenvalue weighted by Crippen LogP contribution is -2.01. The largest absolute Gasteiger partial charge is 0.493 e. The summed E-state index contributed by atoms with van der Waals surface area (Å²) in [4.78, 5) is 11.5. The highest BCUT2D eigenvalue weighted by atomic mass is 35.5. The van der Waals surface area contributed by atoms with E-state index in [2.05, 4.69) is 5.10 Å². The second kappa shape index (κ2) is 7.62. The lowest BCUT2D eigenvalue weighted by atomic mass is 10.1. The summed E-state index contributed by atoms with van der Waals surface area (Å²) in [5, 5.41) is 5.01. The van der Waals surface area contributed by atoms with Gasteiger partial charge in [0.25, 0.3) is 0 Å². The van der Waals surface area contributed by atoms with Crippen LogP contribution in [0.25, 0.3) is 5.69 Å². The molecule has 134 valence electrons. The fourth-order valence-electron chi connectivity index (χ4n) is 2.59. The van der Waals surface area contributed by atoms with Gasteiger partial charge in [-0.3, -0.25) is 4.79 Å². The number of methoxy groups -OCH3 is 1. The molecule has 26 heavy (non-hydrogen) atoms. The fourth-order valence-corrected chi connectivity index (χ4v) is 2.92. The van der Waals surface area contributed by atoms with Gasteiger partial charge in [-0.05, 0) is 44.2 Å². The monoisotopic (exact) mass is 370 g/mol. The average Bonchev–Trinajstić information content (AvgIpc) is 2.94. The third-order valence-electron chi connectivity index (χ3n) is 4.06. The maximum absolute atomic E-state index is 11.5. The highest BCUT2D eigenvalue weighted by Crippen LogP contribution is 2.31. The Morgan fingerprint density at radius 3 is 2.54 bits per heavy atom. The van der Waals surface area contributed by atoms with Gasteiger partial charge in [-0.1, -0.05) is 29.8 Å². The van der Waals surface area contributed by atoms with Crippen LogP contribution in [0.1, 0.15) is 28.5 Å². The summed E-state index contributed by atoms with van der Waals surface area (Å²) in [6, 6.07) is 14.8. The maximum atomic E-state index is 11.5. The molecule has 0 radical (unpaired) electrons. The van der Waals surface area contributed by atoms with Crippen LogP contribution in [-0.2, 0) is 6.61 Å². The molecule has 0 spiro atoms. The molecule has 0 atom stereocenters. The van der Waals surface area contributed by atoms with Crippen LogP contribution >= 0.6 is 11.6 Å². The SMILES string of the molecule is COc1cc(C(C)=O)ccc1OCc1c(C)nn(-c2ccccc2)c1Cl. The molecule has 1 aromatic heterocycles. The van der Waals surface area contributed by atoms with E-state index < -0.39 is 0 Å². The zero-order chi connectivity index (χ0) is 18.7. The third kappa shape index (κ3) is 3.58. The third-order valence-corrected chi connectivity index (χ3v) is 4.45. The first-order chi connectivity index (χ1) is 12.5. The van der Waals surface area contributed by atoms with Crippen LogP contribution in [0.4, 0.5) is 0 Å². The van der Waals surface area contributed by atoms with Gasteiger partial charge in [-0.15, -0.1) is 0 Å². The second-order valence-corrected chi connectivity index (χ2v) is 6.17. The molecule has 0 saturated carbocycles. The Labute approximate surface area is 157 Å². The van der Waals surface area contributed by atoms with Crippen LogP contribution in [-0.4, -0.2) is 22.7 Å². The number of carbonyl (C=O) groups excluding carboxylic acids is 1. The topological polar surface area (TPSA) is 53.4 Å². The molecule has 0 amide bonds. The van der Waals surface area contributed by atoms with Crippen molar-refractivity contribution in [2.45, 2.75) is 20.5 Å². The number of nitrogens with zero attached hydrogens (tertiary/aromatic N) is 2. The van der Waals surface area contributed by atoms with Crippen molar-refractivity contribution >= 4 is 17.4 Å². The molecule has 5 nitrogen and oxygen atoms in total. The molecule has 0 saturated heterocycles. The number of hydrogen-bond acceptors (Lipinski definition) is 4. The summed E-state index contributed by atoms with van der Waals surface area (Å²) in [7, 11) is 1.54. The predicted molar refractivity (Wildman–Crippen MR) is 101 cm³/mol. The Bertz CT molecular complexity index is 936. The molecular weight excluding hydrogens is 352 g/mol. The van der Waals surface area contributed by atoms with E-state index in [1.54, 1.807) is 22.9 Å². The van der Waals surface area contributed by atoms with Crippen LogP contribution in [0, 0.1) is 6.92 Å². The zero-order valence-corrected chi connectivity index (χ0v) is 15.6. The number of halogens is 1. The Hall–Kier alpha value is -2.79. The minimum absolute atomic E-state index is 0.0297. The molecule has 0 bridgehead atoms. The number of ketones is 1. The first kappa shape index (κ1) is 18.0. The number of rotatable bonds is 6. The van der Waals surface area contributed by atoms with E-state index in [4.69, 9.17) is 21.1 Å². The van der Waals surface area contributed by atoms with E-state index in [9.17, 15) is 4.79 Å². The predicted octanol–water partition coefficient (Wildman–Crippen LogP) is 4.62. The lowest BCUT2D eigenvalue weighted by molar-refractivity contribution is 0.101. The van der Waals surface area contributed by atoms with E-state index in [1.807, 2.05) is 37.3 Å². The quantitative estimate of drug-likeness (QED) is 0.594. The Morgan fingerprint density at radius 1 is 1.15 bits per heavy atom. The number of Topliss-reactive ketones (excluding diaryl/α,β-unsaturated/α-hetero) is 1. The summed E-state index contributed by atoms with van der Waals surface area (Å²) in [6.07, 6.45) is 0. The number of ether oxygens (including phenoxy) is 2. The zero-order valence-electron chi connectivity index (χ0n) is 14.8. The number of carbonyl (C=O) groups is 1. The summed E-state index contributed by atoms with van der Waals surface area (Å²) in [6.45, 7) is 3.64. The molecule has 0 fully saturated rings. The van der Waals surface area contributed by atoms with Gasteiger partial charge in [-0.25, -0.2) is 4.68 Å². The Kier molecular flexibility index (Phi) is 5.28. The summed E-state index contributed by atoms with van der Waals surface area (Å²) < 4.78 is 12.9.